The Morgan fingerprint density at radius 2 is 1.71 bits per heavy atom. The van der Waals surface area contributed by atoms with Crippen molar-refractivity contribution in [2.24, 2.45) is 0 Å². The van der Waals surface area contributed by atoms with Crippen LogP contribution in [-0.2, 0) is 11.4 Å². The molecule has 31 heavy (non-hydrogen) atoms. The van der Waals surface area contributed by atoms with Crippen LogP contribution in [0, 0.1) is 25.2 Å². The molecule has 4 nitrogen and oxygen atoms in total. The summed E-state index contributed by atoms with van der Waals surface area (Å²) in [4.78, 5) is 12.6. The number of carbonyl (C=O) groups excluding carboxylic acids is 1. The van der Waals surface area contributed by atoms with Crippen LogP contribution in [0.4, 0.5) is 5.69 Å². The number of benzene rings is 3. The van der Waals surface area contributed by atoms with E-state index in [-0.39, 0.29) is 5.57 Å². The second-order valence-electron chi connectivity index (χ2n) is 7.01. The fraction of sp³-hybridized carbons (Fsp3) is 0.120. The fourth-order valence-electron chi connectivity index (χ4n) is 2.91. The quantitative estimate of drug-likeness (QED) is 0.272. The van der Waals surface area contributed by atoms with Crippen molar-refractivity contribution in [2.75, 3.05) is 5.32 Å². The minimum Gasteiger partial charge on any atom is -0.489 e. The maximum atomic E-state index is 12.6. The van der Waals surface area contributed by atoms with Gasteiger partial charge in [0.15, 0.2) is 0 Å². The first kappa shape index (κ1) is 22.8. The van der Waals surface area contributed by atoms with E-state index in [9.17, 15) is 10.1 Å². The lowest BCUT2D eigenvalue weighted by molar-refractivity contribution is -0.112. The van der Waals surface area contributed by atoms with E-state index in [2.05, 4.69) is 50.2 Å². The lowest BCUT2D eigenvalue weighted by atomic mass is 10.1. The van der Waals surface area contributed by atoms with Crippen LogP contribution in [0.1, 0.15) is 22.3 Å². The second-order valence-corrected chi connectivity index (χ2v) is 8.72. The van der Waals surface area contributed by atoms with Gasteiger partial charge in [-0.25, -0.2) is 0 Å². The zero-order valence-corrected chi connectivity index (χ0v) is 20.2. The number of halogens is 2. The van der Waals surface area contributed by atoms with Crippen LogP contribution in [-0.4, -0.2) is 5.91 Å². The number of nitrogens with one attached hydrogen (secondary N) is 1. The van der Waals surface area contributed by atoms with E-state index in [1.807, 2.05) is 67.6 Å². The lowest BCUT2D eigenvalue weighted by Crippen LogP contribution is -2.14. The molecule has 0 fully saturated rings. The van der Waals surface area contributed by atoms with Crippen LogP contribution in [0.25, 0.3) is 6.08 Å². The van der Waals surface area contributed by atoms with Crippen LogP contribution < -0.4 is 10.1 Å². The van der Waals surface area contributed by atoms with E-state index in [0.717, 1.165) is 31.4 Å². The molecular weight excluding hydrogens is 520 g/mol. The Balaban J connectivity index is 1.70. The molecule has 3 aromatic carbocycles. The molecule has 0 spiro atoms. The molecule has 0 aliphatic carbocycles. The lowest BCUT2D eigenvalue weighted by Gasteiger charge is -2.10. The normalized spacial score (nSPS) is 11.0. The van der Waals surface area contributed by atoms with E-state index in [0.29, 0.717) is 12.3 Å². The van der Waals surface area contributed by atoms with Gasteiger partial charge in [0.25, 0.3) is 5.91 Å². The van der Waals surface area contributed by atoms with Crippen LogP contribution in [0.3, 0.4) is 0 Å². The summed E-state index contributed by atoms with van der Waals surface area (Å²) in [7, 11) is 0. The third kappa shape index (κ3) is 6.06. The number of carbonyl (C=O) groups is 1. The van der Waals surface area contributed by atoms with E-state index >= 15 is 0 Å². The molecule has 0 saturated heterocycles. The number of hydrogen-bond acceptors (Lipinski definition) is 3. The maximum absolute atomic E-state index is 12.6. The van der Waals surface area contributed by atoms with Crippen molar-refractivity contribution in [1.29, 1.82) is 5.26 Å². The van der Waals surface area contributed by atoms with E-state index in [1.165, 1.54) is 5.56 Å². The fourth-order valence-corrected chi connectivity index (χ4v) is 4.52. The maximum Gasteiger partial charge on any atom is 0.266 e. The van der Waals surface area contributed by atoms with Crippen molar-refractivity contribution in [3.63, 3.8) is 0 Å². The molecule has 1 N–H and O–H groups in total. The number of nitriles is 1. The summed E-state index contributed by atoms with van der Waals surface area (Å²) in [5.74, 6) is 0.239. The Hall–Kier alpha value is -2.88. The van der Waals surface area contributed by atoms with Gasteiger partial charge in [-0.05, 0) is 98.3 Å². The van der Waals surface area contributed by atoms with Crippen molar-refractivity contribution in [3.8, 4) is 11.8 Å². The molecule has 0 aliphatic rings. The monoisotopic (exact) mass is 538 g/mol. The molecule has 0 unspecified atom stereocenters. The molecular formula is C25H20Br2N2O2. The van der Waals surface area contributed by atoms with Crippen molar-refractivity contribution in [1.82, 2.24) is 0 Å². The molecule has 3 aromatic rings. The number of rotatable bonds is 6. The summed E-state index contributed by atoms with van der Waals surface area (Å²) in [5.41, 5.74) is 4.67. The predicted octanol–water partition coefficient (Wildman–Crippen LogP) is 6.95. The standard InChI is InChI=1S/C25H20Br2N2O2/c1-16-11-22(26)24(23(27)12-16)29-25(30)20(14-28)13-18-7-9-21(10-8-18)31-15-19-6-4-3-5-17(19)2/h3-13H,15H2,1-2H3,(H,29,30)/b20-13+. The number of anilines is 1. The van der Waals surface area contributed by atoms with Gasteiger partial charge in [0.1, 0.15) is 24.0 Å². The zero-order chi connectivity index (χ0) is 22.4. The number of nitrogens with zero attached hydrogens (tertiary/aromatic N) is 1. The van der Waals surface area contributed by atoms with Crippen LogP contribution in [0.15, 0.2) is 75.2 Å². The van der Waals surface area contributed by atoms with Gasteiger partial charge in [-0.15, -0.1) is 0 Å². The average Bonchev–Trinajstić information content (AvgIpc) is 2.74. The zero-order valence-electron chi connectivity index (χ0n) is 17.1. The summed E-state index contributed by atoms with van der Waals surface area (Å²) in [6.45, 7) is 4.48. The smallest absolute Gasteiger partial charge is 0.266 e. The van der Waals surface area contributed by atoms with E-state index < -0.39 is 5.91 Å². The van der Waals surface area contributed by atoms with Crippen molar-refractivity contribution in [2.45, 2.75) is 20.5 Å². The minimum absolute atomic E-state index is 0.00736. The van der Waals surface area contributed by atoms with E-state index in [1.54, 1.807) is 6.08 Å². The first-order valence-electron chi connectivity index (χ1n) is 9.53. The molecule has 0 aromatic heterocycles. The van der Waals surface area contributed by atoms with Crippen LogP contribution >= 0.6 is 31.9 Å². The van der Waals surface area contributed by atoms with Gasteiger partial charge in [0.2, 0.25) is 0 Å². The highest BCUT2D eigenvalue weighted by molar-refractivity contribution is 9.11. The largest absolute Gasteiger partial charge is 0.489 e. The summed E-state index contributed by atoms with van der Waals surface area (Å²) in [6.07, 6.45) is 1.55. The summed E-state index contributed by atoms with van der Waals surface area (Å²) in [6, 6.07) is 21.1. The summed E-state index contributed by atoms with van der Waals surface area (Å²) < 4.78 is 7.32. The number of amides is 1. The van der Waals surface area contributed by atoms with Gasteiger partial charge < -0.3 is 10.1 Å². The van der Waals surface area contributed by atoms with Gasteiger partial charge in [-0.2, -0.15) is 5.26 Å². The molecule has 0 atom stereocenters. The second kappa shape index (κ2) is 10.4. The predicted molar refractivity (Wildman–Crippen MR) is 131 cm³/mol. The Morgan fingerprint density at radius 3 is 2.32 bits per heavy atom. The van der Waals surface area contributed by atoms with Crippen molar-refractivity contribution in [3.05, 3.63) is 97.4 Å². The molecule has 6 heteroatoms. The first-order chi connectivity index (χ1) is 14.9. The van der Waals surface area contributed by atoms with Gasteiger partial charge in [-0.3, -0.25) is 4.79 Å². The van der Waals surface area contributed by atoms with Crippen molar-refractivity contribution < 1.29 is 9.53 Å². The minimum atomic E-state index is -0.479. The molecule has 1 amide bonds. The highest BCUT2D eigenvalue weighted by Gasteiger charge is 2.14. The van der Waals surface area contributed by atoms with Gasteiger partial charge in [0.05, 0.1) is 5.69 Å². The van der Waals surface area contributed by atoms with Gasteiger partial charge >= 0.3 is 0 Å². The van der Waals surface area contributed by atoms with Crippen molar-refractivity contribution >= 4 is 49.5 Å². The van der Waals surface area contributed by atoms with E-state index in [4.69, 9.17) is 4.74 Å². The highest BCUT2D eigenvalue weighted by atomic mass is 79.9. The molecule has 0 heterocycles. The molecule has 0 bridgehead atoms. The summed E-state index contributed by atoms with van der Waals surface area (Å²) in [5, 5.41) is 12.3. The molecule has 3 rings (SSSR count). The number of aryl methyl sites for hydroxylation is 2. The Morgan fingerprint density at radius 1 is 1.06 bits per heavy atom. The molecule has 0 saturated carbocycles. The molecule has 0 radical (unpaired) electrons. The Labute approximate surface area is 198 Å². The number of hydrogen-bond donors (Lipinski definition) is 1. The average molecular weight is 540 g/mol. The highest BCUT2D eigenvalue weighted by Crippen LogP contribution is 2.32. The van der Waals surface area contributed by atoms with Gasteiger partial charge in [0, 0.05) is 8.95 Å². The first-order valence-corrected chi connectivity index (χ1v) is 11.1. The van der Waals surface area contributed by atoms with Crippen LogP contribution in [0.2, 0.25) is 0 Å². The number of ether oxygens (including phenoxy) is 1. The third-order valence-corrected chi connectivity index (χ3v) is 5.89. The topological polar surface area (TPSA) is 62.1 Å². The Bertz CT molecular complexity index is 1160. The third-order valence-electron chi connectivity index (χ3n) is 4.64. The molecule has 156 valence electrons. The van der Waals surface area contributed by atoms with Gasteiger partial charge in [-0.1, -0.05) is 36.4 Å². The Kier molecular flexibility index (Phi) is 7.67. The van der Waals surface area contributed by atoms with Crippen LogP contribution in [0.5, 0.6) is 5.75 Å². The SMILES string of the molecule is Cc1cc(Br)c(NC(=O)/C(C#N)=C/c2ccc(OCc3ccccc3C)cc2)c(Br)c1. The summed E-state index contributed by atoms with van der Waals surface area (Å²) >= 11 is 6.89. The molecule has 0 aliphatic heterocycles.